The molecule has 1 aromatic rings. The van der Waals surface area contributed by atoms with Gasteiger partial charge >= 0.3 is 5.97 Å². The molecule has 1 aliphatic rings. The minimum atomic E-state index is -0.902. The Labute approximate surface area is 93.2 Å². The largest absolute Gasteiger partial charge is 0.479 e. The molecular weight excluding hydrogens is 210 g/mol. The second kappa shape index (κ2) is 4.63. The summed E-state index contributed by atoms with van der Waals surface area (Å²) in [5.41, 5.74) is 1.01. The third kappa shape index (κ3) is 2.59. The fourth-order valence-electron chi connectivity index (χ4n) is 1.75. The summed E-state index contributed by atoms with van der Waals surface area (Å²) >= 11 is 0. The van der Waals surface area contributed by atoms with Gasteiger partial charge in [-0.15, -0.1) is 0 Å². The van der Waals surface area contributed by atoms with Crippen LogP contribution in [0, 0.1) is 6.92 Å². The Kier molecular flexibility index (Phi) is 3.21. The number of imidazole rings is 1. The Balaban J connectivity index is 1.92. The number of morpholine rings is 1. The molecule has 0 radical (unpaired) electrons. The maximum absolute atomic E-state index is 10.8. The maximum Gasteiger partial charge on any atom is 0.334 e. The average Bonchev–Trinajstić information content (AvgIpc) is 2.64. The second-order valence-electron chi connectivity index (χ2n) is 3.95. The maximum atomic E-state index is 10.8. The fourth-order valence-corrected chi connectivity index (χ4v) is 1.75. The number of rotatable bonds is 3. The Morgan fingerprint density at radius 3 is 3.25 bits per heavy atom. The number of nitrogens with zero attached hydrogens (tertiary/aromatic N) is 2. The van der Waals surface area contributed by atoms with Crippen LogP contribution < -0.4 is 0 Å². The molecule has 0 saturated carbocycles. The number of aryl methyl sites for hydroxylation is 1. The van der Waals surface area contributed by atoms with E-state index >= 15 is 0 Å². The van der Waals surface area contributed by atoms with E-state index in [1.165, 1.54) is 0 Å². The third-order valence-electron chi connectivity index (χ3n) is 2.55. The van der Waals surface area contributed by atoms with Gasteiger partial charge in [0.1, 0.15) is 5.82 Å². The van der Waals surface area contributed by atoms with E-state index in [1.54, 1.807) is 6.20 Å². The van der Waals surface area contributed by atoms with Gasteiger partial charge in [-0.05, 0) is 6.92 Å². The lowest BCUT2D eigenvalue weighted by atomic mass is 10.2. The number of aromatic nitrogens is 2. The lowest BCUT2D eigenvalue weighted by molar-refractivity contribution is -0.156. The summed E-state index contributed by atoms with van der Waals surface area (Å²) < 4.78 is 5.14. The van der Waals surface area contributed by atoms with Gasteiger partial charge in [0.2, 0.25) is 0 Å². The number of H-pyrrole nitrogens is 1. The van der Waals surface area contributed by atoms with Crippen molar-refractivity contribution in [3.63, 3.8) is 0 Å². The summed E-state index contributed by atoms with van der Waals surface area (Å²) in [6.07, 6.45) is 1.05. The predicted molar refractivity (Wildman–Crippen MR) is 56.0 cm³/mol. The number of hydrogen-bond donors (Lipinski definition) is 2. The first-order chi connectivity index (χ1) is 7.65. The molecule has 1 aliphatic heterocycles. The first-order valence-electron chi connectivity index (χ1n) is 5.22. The molecule has 16 heavy (non-hydrogen) atoms. The Bertz CT molecular complexity index is 377. The molecule has 0 aliphatic carbocycles. The highest BCUT2D eigenvalue weighted by Crippen LogP contribution is 2.08. The minimum Gasteiger partial charge on any atom is -0.479 e. The molecule has 1 fully saturated rings. The second-order valence-corrected chi connectivity index (χ2v) is 3.95. The number of aromatic amines is 1. The van der Waals surface area contributed by atoms with Crippen molar-refractivity contribution in [2.24, 2.45) is 0 Å². The number of ether oxygens (including phenoxy) is 1. The van der Waals surface area contributed by atoms with E-state index in [2.05, 4.69) is 9.97 Å². The van der Waals surface area contributed by atoms with Crippen molar-refractivity contribution in [3.8, 4) is 0 Å². The molecular formula is C10H15N3O3. The Hall–Kier alpha value is -1.40. The van der Waals surface area contributed by atoms with Crippen molar-refractivity contribution in [1.29, 1.82) is 0 Å². The quantitative estimate of drug-likeness (QED) is 0.757. The minimum absolute atomic E-state index is 0.412. The molecule has 1 atom stereocenters. The molecule has 1 unspecified atom stereocenters. The van der Waals surface area contributed by atoms with E-state index in [4.69, 9.17) is 9.84 Å². The topological polar surface area (TPSA) is 78.5 Å². The van der Waals surface area contributed by atoms with E-state index in [1.807, 2.05) is 11.8 Å². The van der Waals surface area contributed by atoms with E-state index in [0.717, 1.165) is 18.1 Å². The summed E-state index contributed by atoms with van der Waals surface area (Å²) in [5.74, 6) is -0.0381. The molecule has 2 N–H and O–H groups in total. The van der Waals surface area contributed by atoms with Crippen LogP contribution in [0.4, 0.5) is 0 Å². The lowest BCUT2D eigenvalue weighted by Gasteiger charge is -2.29. The number of nitrogens with one attached hydrogen (secondary N) is 1. The molecule has 1 saturated heterocycles. The third-order valence-corrected chi connectivity index (χ3v) is 2.55. The normalized spacial score (nSPS) is 22.2. The van der Waals surface area contributed by atoms with Crippen LogP contribution in [0.5, 0.6) is 0 Å². The fraction of sp³-hybridized carbons (Fsp3) is 0.600. The van der Waals surface area contributed by atoms with Crippen molar-refractivity contribution in [2.75, 3.05) is 19.7 Å². The van der Waals surface area contributed by atoms with Crippen LogP contribution in [0.1, 0.15) is 11.5 Å². The molecule has 0 spiro atoms. The smallest absolute Gasteiger partial charge is 0.334 e. The first-order valence-corrected chi connectivity index (χ1v) is 5.22. The molecule has 2 heterocycles. The number of aliphatic carboxylic acids is 1. The number of hydrogen-bond acceptors (Lipinski definition) is 4. The van der Waals surface area contributed by atoms with Gasteiger partial charge < -0.3 is 14.8 Å². The Morgan fingerprint density at radius 2 is 2.62 bits per heavy atom. The predicted octanol–water partition coefficient (Wildman–Crippen LogP) is 0.00352. The number of carboxylic acids is 1. The van der Waals surface area contributed by atoms with Gasteiger partial charge in [-0.3, -0.25) is 4.90 Å². The summed E-state index contributed by atoms with van der Waals surface area (Å²) in [5, 5.41) is 8.85. The van der Waals surface area contributed by atoms with Gasteiger partial charge in [0.15, 0.2) is 6.10 Å². The summed E-state index contributed by atoms with van der Waals surface area (Å²) in [6, 6.07) is 0. The van der Waals surface area contributed by atoms with Crippen LogP contribution in [0.2, 0.25) is 0 Å². The molecule has 6 nitrogen and oxygen atoms in total. The van der Waals surface area contributed by atoms with E-state index in [0.29, 0.717) is 19.7 Å². The van der Waals surface area contributed by atoms with Crippen molar-refractivity contribution in [2.45, 2.75) is 19.6 Å². The van der Waals surface area contributed by atoms with Gasteiger partial charge in [0.25, 0.3) is 0 Å². The van der Waals surface area contributed by atoms with Crippen LogP contribution in [-0.2, 0) is 16.1 Å². The van der Waals surface area contributed by atoms with Gasteiger partial charge in [-0.2, -0.15) is 0 Å². The highest BCUT2D eigenvalue weighted by Gasteiger charge is 2.26. The summed E-state index contributed by atoms with van der Waals surface area (Å²) in [4.78, 5) is 20.1. The molecule has 1 aromatic heterocycles. The van der Waals surface area contributed by atoms with Crippen molar-refractivity contribution in [3.05, 3.63) is 17.7 Å². The zero-order chi connectivity index (χ0) is 11.5. The van der Waals surface area contributed by atoms with Crippen molar-refractivity contribution < 1.29 is 14.6 Å². The SMILES string of the molecule is Cc1cnc(CN2CCOC(C(=O)O)C2)[nH]1. The molecule has 0 aromatic carbocycles. The average molecular weight is 225 g/mol. The van der Waals surface area contributed by atoms with Crippen LogP contribution in [0.15, 0.2) is 6.20 Å². The van der Waals surface area contributed by atoms with Crippen LogP contribution in [0.25, 0.3) is 0 Å². The van der Waals surface area contributed by atoms with Crippen LogP contribution >= 0.6 is 0 Å². The van der Waals surface area contributed by atoms with Crippen molar-refractivity contribution >= 4 is 5.97 Å². The van der Waals surface area contributed by atoms with Crippen LogP contribution in [-0.4, -0.2) is 51.7 Å². The monoisotopic (exact) mass is 225 g/mol. The molecule has 0 bridgehead atoms. The first kappa shape index (κ1) is 11.1. The van der Waals surface area contributed by atoms with Gasteiger partial charge in [-0.25, -0.2) is 9.78 Å². The zero-order valence-electron chi connectivity index (χ0n) is 9.14. The molecule has 6 heteroatoms. The lowest BCUT2D eigenvalue weighted by Crippen LogP contribution is -2.45. The zero-order valence-corrected chi connectivity index (χ0v) is 9.14. The number of carbonyl (C=O) groups is 1. The highest BCUT2D eigenvalue weighted by atomic mass is 16.5. The molecule has 2 rings (SSSR count). The van der Waals surface area contributed by atoms with Gasteiger partial charge in [0.05, 0.1) is 13.2 Å². The van der Waals surface area contributed by atoms with E-state index in [9.17, 15) is 4.79 Å². The van der Waals surface area contributed by atoms with E-state index in [-0.39, 0.29) is 0 Å². The number of carboxylic acid groups (broad SMARTS) is 1. The highest BCUT2D eigenvalue weighted by molar-refractivity contribution is 5.72. The molecule has 0 amide bonds. The molecule has 88 valence electrons. The van der Waals surface area contributed by atoms with Crippen LogP contribution in [0.3, 0.4) is 0 Å². The van der Waals surface area contributed by atoms with Crippen molar-refractivity contribution in [1.82, 2.24) is 14.9 Å². The van der Waals surface area contributed by atoms with Gasteiger partial charge in [0, 0.05) is 25.0 Å². The summed E-state index contributed by atoms with van der Waals surface area (Å²) in [7, 11) is 0. The standard InChI is InChI=1S/C10H15N3O3/c1-7-4-11-9(12-7)6-13-2-3-16-8(5-13)10(14)15/h4,8H,2-3,5-6H2,1H3,(H,11,12)(H,14,15). The van der Waals surface area contributed by atoms with Gasteiger partial charge in [-0.1, -0.05) is 0 Å². The summed E-state index contributed by atoms with van der Waals surface area (Å²) in [6.45, 7) is 4.19. The Morgan fingerprint density at radius 1 is 1.81 bits per heavy atom. The van der Waals surface area contributed by atoms with E-state index < -0.39 is 12.1 Å².